The van der Waals surface area contributed by atoms with Gasteiger partial charge in [0.1, 0.15) is 0 Å². The van der Waals surface area contributed by atoms with Crippen LogP contribution < -0.4 is 10.6 Å². The SMILES string of the molecule is Cc1ccc(N(C)Cc2cccc(Br)c2)c(CN)c1. The first-order valence-electron chi connectivity index (χ1n) is 6.35. The van der Waals surface area contributed by atoms with E-state index in [0.29, 0.717) is 6.54 Å². The van der Waals surface area contributed by atoms with Crippen molar-refractivity contribution < 1.29 is 0 Å². The van der Waals surface area contributed by atoms with E-state index in [-0.39, 0.29) is 0 Å². The van der Waals surface area contributed by atoms with Crippen molar-refractivity contribution in [1.82, 2.24) is 0 Å². The predicted octanol–water partition coefficient (Wildman–Crippen LogP) is 3.85. The van der Waals surface area contributed by atoms with Crippen molar-refractivity contribution in [3.05, 3.63) is 63.6 Å². The van der Waals surface area contributed by atoms with Gasteiger partial charge in [0, 0.05) is 30.3 Å². The molecule has 100 valence electrons. The quantitative estimate of drug-likeness (QED) is 0.927. The predicted molar refractivity (Wildman–Crippen MR) is 85.3 cm³/mol. The fourth-order valence-corrected chi connectivity index (χ4v) is 2.69. The van der Waals surface area contributed by atoms with Gasteiger partial charge in [0.2, 0.25) is 0 Å². The lowest BCUT2D eigenvalue weighted by Crippen LogP contribution is -2.19. The molecule has 3 heteroatoms. The van der Waals surface area contributed by atoms with Gasteiger partial charge in [-0.25, -0.2) is 0 Å². The molecule has 2 aromatic carbocycles. The van der Waals surface area contributed by atoms with Crippen LogP contribution in [0.1, 0.15) is 16.7 Å². The lowest BCUT2D eigenvalue weighted by molar-refractivity contribution is 0.902. The smallest absolute Gasteiger partial charge is 0.0426 e. The van der Waals surface area contributed by atoms with Gasteiger partial charge in [0.15, 0.2) is 0 Å². The summed E-state index contributed by atoms with van der Waals surface area (Å²) in [7, 11) is 2.10. The van der Waals surface area contributed by atoms with E-state index in [4.69, 9.17) is 5.73 Å². The number of anilines is 1. The van der Waals surface area contributed by atoms with Gasteiger partial charge in [0.25, 0.3) is 0 Å². The second kappa shape index (κ2) is 6.22. The van der Waals surface area contributed by atoms with Gasteiger partial charge >= 0.3 is 0 Å². The van der Waals surface area contributed by atoms with Crippen LogP contribution in [0.2, 0.25) is 0 Å². The first-order chi connectivity index (χ1) is 9.10. The Labute approximate surface area is 123 Å². The van der Waals surface area contributed by atoms with Crippen molar-refractivity contribution in [2.45, 2.75) is 20.0 Å². The molecule has 0 aliphatic carbocycles. The lowest BCUT2D eigenvalue weighted by atomic mass is 10.1. The van der Waals surface area contributed by atoms with Gasteiger partial charge in [-0.15, -0.1) is 0 Å². The van der Waals surface area contributed by atoms with Crippen molar-refractivity contribution >= 4 is 21.6 Å². The number of benzene rings is 2. The van der Waals surface area contributed by atoms with Gasteiger partial charge in [-0.1, -0.05) is 45.8 Å². The summed E-state index contributed by atoms with van der Waals surface area (Å²) in [5.41, 5.74) is 10.8. The summed E-state index contributed by atoms with van der Waals surface area (Å²) in [5.74, 6) is 0. The molecule has 0 amide bonds. The zero-order valence-electron chi connectivity index (χ0n) is 11.4. The zero-order chi connectivity index (χ0) is 13.8. The average molecular weight is 319 g/mol. The Kier molecular flexibility index (Phi) is 4.61. The van der Waals surface area contributed by atoms with Gasteiger partial charge in [-0.2, -0.15) is 0 Å². The Bertz CT molecular complexity index is 566. The van der Waals surface area contributed by atoms with Gasteiger partial charge < -0.3 is 10.6 Å². The number of nitrogens with zero attached hydrogens (tertiary/aromatic N) is 1. The van der Waals surface area contributed by atoms with E-state index in [1.54, 1.807) is 0 Å². The molecule has 2 rings (SSSR count). The minimum Gasteiger partial charge on any atom is -0.370 e. The zero-order valence-corrected chi connectivity index (χ0v) is 12.9. The molecular weight excluding hydrogens is 300 g/mol. The fourth-order valence-electron chi connectivity index (χ4n) is 2.24. The standard InChI is InChI=1S/C16H19BrN2/c1-12-6-7-16(14(8-12)10-18)19(2)11-13-4-3-5-15(17)9-13/h3-9H,10-11,18H2,1-2H3. The molecule has 0 aromatic heterocycles. The molecule has 0 saturated carbocycles. The van der Waals surface area contributed by atoms with Crippen LogP contribution in [0.15, 0.2) is 46.9 Å². The number of hydrogen-bond acceptors (Lipinski definition) is 2. The highest BCUT2D eigenvalue weighted by Crippen LogP contribution is 2.23. The number of nitrogens with two attached hydrogens (primary N) is 1. The normalized spacial score (nSPS) is 10.5. The van der Waals surface area contributed by atoms with Crippen LogP contribution in [0.25, 0.3) is 0 Å². The van der Waals surface area contributed by atoms with Gasteiger partial charge in [0.05, 0.1) is 0 Å². The highest BCUT2D eigenvalue weighted by atomic mass is 79.9. The topological polar surface area (TPSA) is 29.3 Å². The van der Waals surface area contributed by atoms with Crippen molar-refractivity contribution in [2.75, 3.05) is 11.9 Å². The molecule has 0 atom stereocenters. The van der Waals surface area contributed by atoms with Crippen LogP contribution in [0.5, 0.6) is 0 Å². The first kappa shape index (κ1) is 14.1. The molecule has 0 spiro atoms. The van der Waals surface area contributed by atoms with E-state index in [0.717, 1.165) is 11.0 Å². The summed E-state index contributed by atoms with van der Waals surface area (Å²) >= 11 is 3.51. The number of halogens is 1. The average Bonchev–Trinajstić information content (AvgIpc) is 2.38. The second-order valence-electron chi connectivity index (χ2n) is 4.82. The maximum atomic E-state index is 5.84. The van der Waals surface area contributed by atoms with E-state index in [1.807, 2.05) is 6.07 Å². The van der Waals surface area contributed by atoms with Crippen LogP contribution in [0, 0.1) is 6.92 Å². The Morgan fingerprint density at radius 1 is 1.16 bits per heavy atom. The largest absolute Gasteiger partial charge is 0.370 e. The third-order valence-electron chi connectivity index (χ3n) is 3.17. The molecule has 0 aliphatic rings. The summed E-state index contributed by atoms with van der Waals surface area (Å²) in [6, 6.07) is 14.8. The van der Waals surface area contributed by atoms with E-state index < -0.39 is 0 Å². The maximum Gasteiger partial charge on any atom is 0.0426 e. The minimum absolute atomic E-state index is 0.569. The summed E-state index contributed by atoms with van der Waals surface area (Å²) in [5, 5.41) is 0. The molecule has 19 heavy (non-hydrogen) atoms. The van der Waals surface area contributed by atoms with Crippen LogP contribution in [-0.4, -0.2) is 7.05 Å². The molecule has 2 N–H and O–H groups in total. The van der Waals surface area contributed by atoms with Crippen molar-refractivity contribution in [1.29, 1.82) is 0 Å². The molecule has 0 unspecified atom stereocenters. The summed E-state index contributed by atoms with van der Waals surface area (Å²) in [6.45, 7) is 3.53. The number of rotatable bonds is 4. The van der Waals surface area contributed by atoms with Crippen LogP contribution in [-0.2, 0) is 13.1 Å². The third-order valence-corrected chi connectivity index (χ3v) is 3.67. The summed E-state index contributed by atoms with van der Waals surface area (Å²) < 4.78 is 1.11. The van der Waals surface area contributed by atoms with Crippen molar-refractivity contribution in [3.63, 3.8) is 0 Å². The van der Waals surface area contributed by atoms with E-state index in [2.05, 4.69) is 71.2 Å². The van der Waals surface area contributed by atoms with Gasteiger partial charge in [-0.05, 0) is 36.2 Å². The van der Waals surface area contributed by atoms with Crippen LogP contribution in [0.4, 0.5) is 5.69 Å². The van der Waals surface area contributed by atoms with Crippen molar-refractivity contribution in [3.8, 4) is 0 Å². The second-order valence-corrected chi connectivity index (χ2v) is 5.74. The Morgan fingerprint density at radius 3 is 2.63 bits per heavy atom. The molecule has 0 saturated heterocycles. The summed E-state index contributed by atoms with van der Waals surface area (Å²) in [6.07, 6.45) is 0. The molecule has 0 bridgehead atoms. The van der Waals surface area contributed by atoms with E-state index in [9.17, 15) is 0 Å². The Morgan fingerprint density at radius 2 is 1.95 bits per heavy atom. The molecule has 0 heterocycles. The molecular formula is C16H19BrN2. The molecule has 0 aliphatic heterocycles. The monoisotopic (exact) mass is 318 g/mol. The van der Waals surface area contributed by atoms with Crippen LogP contribution in [0.3, 0.4) is 0 Å². The number of hydrogen-bond donors (Lipinski definition) is 1. The Balaban J connectivity index is 2.22. The highest BCUT2D eigenvalue weighted by molar-refractivity contribution is 9.10. The van der Waals surface area contributed by atoms with E-state index in [1.165, 1.54) is 22.4 Å². The minimum atomic E-state index is 0.569. The highest BCUT2D eigenvalue weighted by Gasteiger charge is 2.07. The third kappa shape index (κ3) is 3.58. The van der Waals surface area contributed by atoms with Crippen molar-refractivity contribution in [2.24, 2.45) is 5.73 Å². The molecule has 0 radical (unpaired) electrons. The van der Waals surface area contributed by atoms with Crippen LogP contribution >= 0.6 is 15.9 Å². The van der Waals surface area contributed by atoms with E-state index >= 15 is 0 Å². The molecule has 2 aromatic rings. The lowest BCUT2D eigenvalue weighted by Gasteiger charge is -2.22. The maximum absolute atomic E-state index is 5.84. The first-order valence-corrected chi connectivity index (χ1v) is 7.14. The van der Waals surface area contributed by atoms with Gasteiger partial charge in [-0.3, -0.25) is 0 Å². The fraction of sp³-hybridized carbons (Fsp3) is 0.250. The Hall–Kier alpha value is -1.32. The summed E-state index contributed by atoms with van der Waals surface area (Å²) in [4.78, 5) is 2.24. The molecule has 0 fully saturated rings. The number of aryl methyl sites for hydroxylation is 1. The molecule has 2 nitrogen and oxygen atoms in total.